The van der Waals surface area contributed by atoms with Crippen molar-refractivity contribution in [2.45, 2.75) is 17.9 Å². The molecule has 0 aliphatic heterocycles. The smallest absolute Gasteiger partial charge is 0.408 e. The number of nitrogens with zero attached hydrogens (tertiary/aromatic N) is 1. The Labute approximate surface area is 154 Å². The van der Waals surface area contributed by atoms with Gasteiger partial charge < -0.3 is 9.73 Å². The molecule has 2 aromatic carbocycles. The molecule has 25 heavy (non-hydrogen) atoms. The number of oxazole rings is 1. The summed E-state index contributed by atoms with van der Waals surface area (Å²) in [5, 5.41) is 3.56. The van der Waals surface area contributed by atoms with Gasteiger partial charge in [0, 0.05) is 22.2 Å². The number of hydrogen-bond acceptors (Lipinski definition) is 4. The highest BCUT2D eigenvalue weighted by Crippen LogP contribution is 2.20. The van der Waals surface area contributed by atoms with Crippen LogP contribution in [0, 0.1) is 0 Å². The van der Waals surface area contributed by atoms with E-state index in [1.807, 2.05) is 24.3 Å². The van der Waals surface area contributed by atoms with Gasteiger partial charge >= 0.3 is 5.76 Å². The quantitative estimate of drug-likeness (QED) is 0.526. The molecular formula is C18H17ClN2O3S. The predicted octanol–water partition coefficient (Wildman–Crippen LogP) is 3.72. The zero-order valence-corrected chi connectivity index (χ0v) is 15.1. The molecule has 0 spiro atoms. The van der Waals surface area contributed by atoms with E-state index in [9.17, 15) is 9.59 Å². The van der Waals surface area contributed by atoms with Crippen molar-refractivity contribution in [2.24, 2.45) is 0 Å². The second-order valence-corrected chi connectivity index (χ2v) is 7.08. The molecule has 0 saturated heterocycles. The second-order valence-electron chi connectivity index (χ2n) is 5.48. The molecule has 1 heterocycles. The van der Waals surface area contributed by atoms with Gasteiger partial charge in [0.2, 0.25) is 5.91 Å². The fourth-order valence-electron chi connectivity index (χ4n) is 2.49. The Morgan fingerprint density at radius 2 is 1.96 bits per heavy atom. The standard InChI is InChI=1S/C18H17ClN2O3S/c1-12(21-15-4-2-3-5-16(15)24-18(21)23)17(22)20-10-11-25-14-8-6-13(19)7-9-14/h2-9,12H,10-11H2,1H3,(H,20,22)/t12-/m0/s1. The number of para-hydroxylation sites is 2. The lowest BCUT2D eigenvalue weighted by Crippen LogP contribution is -2.35. The molecule has 7 heteroatoms. The van der Waals surface area contributed by atoms with Crippen LogP contribution >= 0.6 is 23.4 Å². The van der Waals surface area contributed by atoms with E-state index in [1.165, 1.54) is 4.57 Å². The highest BCUT2D eigenvalue weighted by Gasteiger charge is 2.20. The van der Waals surface area contributed by atoms with Crippen LogP contribution in [0.5, 0.6) is 0 Å². The average Bonchev–Trinajstić information content (AvgIpc) is 2.95. The first kappa shape index (κ1) is 17.6. The van der Waals surface area contributed by atoms with E-state index in [2.05, 4.69) is 5.32 Å². The van der Waals surface area contributed by atoms with Gasteiger partial charge in [-0.2, -0.15) is 0 Å². The summed E-state index contributed by atoms with van der Waals surface area (Å²) in [5.41, 5.74) is 1.09. The van der Waals surface area contributed by atoms with Crippen molar-refractivity contribution in [3.05, 3.63) is 64.1 Å². The van der Waals surface area contributed by atoms with Crippen LogP contribution in [0.1, 0.15) is 13.0 Å². The number of halogens is 1. The van der Waals surface area contributed by atoms with E-state index in [0.29, 0.717) is 22.7 Å². The minimum Gasteiger partial charge on any atom is -0.408 e. The van der Waals surface area contributed by atoms with Gasteiger partial charge in [0.05, 0.1) is 5.52 Å². The Morgan fingerprint density at radius 1 is 1.24 bits per heavy atom. The minimum atomic E-state index is -0.642. The van der Waals surface area contributed by atoms with E-state index in [-0.39, 0.29) is 5.91 Å². The Morgan fingerprint density at radius 3 is 2.72 bits per heavy atom. The molecule has 0 bridgehead atoms. The lowest BCUT2D eigenvalue weighted by atomic mass is 10.2. The fraction of sp³-hybridized carbons (Fsp3) is 0.222. The van der Waals surface area contributed by atoms with Crippen molar-refractivity contribution in [1.82, 2.24) is 9.88 Å². The second kappa shape index (κ2) is 7.80. The molecule has 1 N–H and O–H groups in total. The van der Waals surface area contributed by atoms with Gasteiger partial charge in [0.25, 0.3) is 0 Å². The van der Waals surface area contributed by atoms with Gasteiger partial charge in [0.1, 0.15) is 6.04 Å². The average molecular weight is 377 g/mol. The predicted molar refractivity (Wildman–Crippen MR) is 100 cm³/mol. The topological polar surface area (TPSA) is 64.2 Å². The Hall–Kier alpha value is -2.18. The molecular weight excluding hydrogens is 360 g/mol. The molecule has 0 radical (unpaired) electrons. The van der Waals surface area contributed by atoms with Crippen LogP contribution in [0.15, 0.2) is 62.6 Å². The van der Waals surface area contributed by atoms with Gasteiger partial charge in [-0.15, -0.1) is 11.8 Å². The molecule has 130 valence electrons. The summed E-state index contributed by atoms with van der Waals surface area (Å²) in [6.07, 6.45) is 0. The summed E-state index contributed by atoms with van der Waals surface area (Å²) >= 11 is 7.48. The molecule has 5 nitrogen and oxygen atoms in total. The molecule has 0 unspecified atom stereocenters. The van der Waals surface area contributed by atoms with Crippen molar-refractivity contribution in [3.8, 4) is 0 Å². The summed E-state index contributed by atoms with van der Waals surface area (Å²) in [6, 6.07) is 14.0. The van der Waals surface area contributed by atoms with Crippen LogP contribution in [0.4, 0.5) is 0 Å². The van der Waals surface area contributed by atoms with Crippen molar-refractivity contribution in [2.75, 3.05) is 12.3 Å². The third-order valence-electron chi connectivity index (χ3n) is 3.77. The monoisotopic (exact) mass is 376 g/mol. The van der Waals surface area contributed by atoms with Crippen LogP contribution < -0.4 is 11.1 Å². The van der Waals surface area contributed by atoms with Gasteiger partial charge in [-0.05, 0) is 43.3 Å². The fourth-order valence-corrected chi connectivity index (χ4v) is 3.38. The lowest BCUT2D eigenvalue weighted by molar-refractivity contribution is -0.123. The minimum absolute atomic E-state index is 0.217. The van der Waals surface area contributed by atoms with Crippen LogP contribution in [0.2, 0.25) is 5.02 Å². The summed E-state index contributed by atoms with van der Waals surface area (Å²) in [4.78, 5) is 25.5. The van der Waals surface area contributed by atoms with E-state index in [4.69, 9.17) is 16.0 Å². The number of thioether (sulfide) groups is 1. The van der Waals surface area contributed by atoms with Crippen molar-refractivity contribution >= 4 is 40.4 Å². The lowest BCUT2D eigenvalue weighted by Gasteiger charge is -2.13. The summed E-state index contributed by atoms with van der Waals surface area (Å²) in [5.74, 6) is -0.0223. The number of hydrogen-bond donors (Lipinski definition) is 1. The third kappa shape index (κ3) is 4.08. The highest BCUT2D eigenvalue weighted by molar-refractivity contribution is 7.99. The maximum atomic E-state index is 12.4. The number of nitrogens with one attached hydrogen (secondary N) is 1. The Balaban J connectivity index is 1.58. The van der Waals surface area contributed by atoms with Crippen molar-refractivity contribution in [3.63, 3.8) is 0 Å². The SMILES string of the molecule is C[C@@H](C(=O)NCCSc1ccc(Cl)cc1)n1c(=O)oc2ccccc21. The number of aromatic nitrogens is 1. The number of carbonyl (C=O) groups excluding carboxylic acids is 1. The molecule has 0 aliphatic carbocycles. The van der Waals surface area contributed by atoms with Crippen molar-refractivity contribution in [1.29, 1.82) is 0 Å². The maximum absolute atomic E-state index is 12.4. The van der Waals surface area contributed by atoms with E-state index >= 15 is 0 Å². The van der Waals surface area contributed by atoms with Gasteiger partial charge in [-0.1, -0.05) is 23.7 Å². The summed E-state index contributed by atoms with van der Waals surface area (Å²) in [7, 11) is 0. The molecule has 1 aromatic heterocycles. The van der Waals surface area contributed by atoms with Gasteiger partial charge in [-0.3, -0.25) is 9.36 Å². The number of carbonyl (C=O) groups is 1. The normalized spacial score (nSPS) is 12.2. The molecule has 0 fully saturated rings. The number of benzene rings is 2. The van der Waals surface area contributed by atoms with Crippen LogP contribution in [-0.2, 0) is 4.79 Å². The van der Waals surface area contributed by atoms with Gasteiger partial charge in [0.15, 0.2) is 5.58 Å². The molecule has 3 aromatic rings. The zero-order chi connectivity index (χ0) is 17.8. The van der Waals surface area contributed by atoms with E-state index in [0.717, 1.165) is 10.6 Å². The molecule has 0 saturated carbocycles. The first-order valence-electron chi connectivity index (χ1n) is 7.82. The van der Waals surface area contributed by atoms with Crippen LogP contribution in [0.3, 0.4) is 0 Å². The largest absolute Gasteiger partial charge is 0.420 e. The molecule has 3 rings (SSSR count). The van der Waals surface area contributed by atoms with Crippen LogP contribution in [-0.4, -0.2) is 22.8 Å². The Kier molecular flexibility index (Phi) is 5.50. The summed E-state index contributed by atoms with van der Waals surface area (Å²) < 4.78 is 6.55. The van der Waals surface area contributed by atoms with E-state index < -0.39 is 11.8 Å². The zero-order valence-electron chi connectivity index (χ0n) is 13.6. The molecule has 0 aliphatic rings. The van der Waals surface area contributed by atoms with Crippen LogP contribution in [0.25, 0.3) is 11.1 Å². The van der Waals surface area contributed by atoms with Gasteiger partial charge in [-0.25, -0.2) is 4.79 Å². The molecule has 1 amide bonds. The third-order valence-corrected chi connectivity index (χ3v) is 5.03. The molecule has 1 atom stereocenters. The Bertz CT molecular complexity index is 933. The number of fused-ring (bicyclic) bond motifs is 1. The highest BCUT2D eigenvalue weighted by atomic mass is 35.5. The first-order valence-corrected chi connectivity index (χ1v) is 9.19. The maximum Gasteiger partial charge on any atom is 0.420 e. The van der Waals surface area contributed by atoms with Crippen molar-refractivity contribution < 1.29 is 9.21 Å². The van der Waals surface area contributed by atoms with E-state index in [1.54, 1.807) is 43.0 Å². The first-order chi connectivity index (χ1) is 12.1. The summed E-state index contributed by atoms with van der Waals surface area (Å²) in [6.45, 7) is 2.19. The number of rotatable bonds is 6. The number of amides is 1.